The molecule has 0 radical (unpaired) electrons. The Kier molecular flexibility index (Phi) is 6.82. The number of thioether (sulfide) groups is 1. The Morgan fingerprint density at radius 3 is 2.60 bits per heavy atom. The van der Waals surface area contributed by atoms with Crippen molar-refractivity contribution in [3.63, 3.8) is 0 Å². The fourth-order valence-corrected chi connectivity index (χ4v) is 5.40. The molecule has 10 heteroatoms. The van der Waals surface area contributed by atoms with Crippen LogP contribution in [0.1, 0.15) is 34.3 Å². The number of nitrogens with two attached hydrogens (primary N) is 1. The number of thiophene rings is 1. The molecule has 1 amide bonds. The zero-order valence-electron chi connectivity index (χ0n) is 18.8. The molecular weight excluding hydrogens is 480 g/mol. The Balaban J connectivity index is 1.25. The maximum Gasteiger partial charge on any atom is 0.253 e. The van der Waals surface area contributed by atoms with Gasteiger partial charge in [0.15, 0.2) is 5.82 Å². The van der Waals surface area contributed by atoms with Crippen LogP contribution in [0.25, 0.3) is 0 Å². The van der Waals surface area contributed by atoms with E-state index in [4.69, 9.17) is 10.9 Å². The lowest BCUT2D eigenvalue weighted by Crippen LogP contribution is -2.28. The lowest BCUT2D eigenvalue weighted by Gasteiger charge is -2.21. The van der Waals surface area contributed by atoms with E-state index in [1.807, 2.05) is 60.0 Å². The highest BCUT2D eigenvalue weighted by Crippen LogP contribution is 2.34. The van der Waals surface area contributed by atoms with E-state index in [0.717, 1.165) is 21.7 Å². The first-order chi connectivity index (χ1) is 17.1. The predicted octanol–water partition coefficient (Wildman–Crippen LogP) is 4.01. The van der Waals surface area contributed by atoms with E-state index in [0.29, 0.717) is 30.2 Å². The zero-order valence-corrected chi connectivity index (χ0v) is 20.5. The van der Waals surface area contributed by atoms with Crippen LogP contribution in [0, 0.1) is 0 Å². The van der Waals surface area contributed by atoms with Gasteiger partial charge in [0.1, 0.15) is 5.75 Å². The van der Waals surface area contributed by atoms with E-state index in [1.165, 1.54) is 16.4 Å². The van der Waals surface area contributed by atoms with E-state index in [1.54, 1.807) is 28.5 Å². The number of nitrogens with zero attached hydrogens (tertiary/aromatic N) is 5. The van der Waals surface area contributed by atoms with Crippen molar-refractivity contribution in [3.8, 4) is 5.75 Å². The van der Waals surface area contributed by atoms with Gasteiger partial charge >= 0.3 is 0 Å². The van der Waals surface area contributed by atoms with Gasteiger partial charge < -0.3 is 10.9 Å². The summed E-state index contributed by atoms with van der Waals surface area (Å²) in [6.07, 6.45) is 1.99. The quantitative estimate of drug-likeness (QED) is 0.277. The largest absolute Gasteiger partial charge is 0.508 e. The first kappa shape index (κ1) is 23.1. The third-order valence-electron chi connectivity index (χ3n) is 5.79. The molecule has 0 bridgehead atoms. The summed E-state index contributed by atoms with van der Waals surface area (Å²) in [7, 11) is 0. The highest BCUT2D eigenvalue weighted by Gasteiger charge is 2.33. The van der Waals surface area contributed by atoms with Crippen molar-refractivity contribution in [1.82, 2.24) is 19.9 Å². The van der Waals surface area contributed by atoms with Gasteiger partial charge in [-0.2, -0.15) is 5.10 Å². The monoisotopic (exact) mass is 504 g/mol. The molecule has 35 heavy (non-hydrogen) atoms. The average molecular weight is 505 g/mol. The van der Waals surface area contributed by atoms with Gasteiger partial charge in [-0.05, 0) is 41.1 Å². The summed E-state index contributed by atoms with van der Waals surface area (Å²) in [5.74, 6) is 7.13. The number of aromatic hydroxyl groups is 1. The minimum Gasteiger partial charge on any atom is -0.508 e. The van der Waals surface area contributed by atoms with E-state index in [9.17, 15) is 9.90 Å². The first-order valence-electron chi connectivity index (χ1n) is 11.2. The Morgan fingerprint density at radius 2 is 1.86 bits per heavy atom. The number of benzene rings is 2. The minimum absolute atomic E-state index is 0.107. The molecule has 4 aromatic rings. The maximum absolute atomic E-state index is 13.3. The number of hydrogen-bond donors (Lipinski definition) is 2. The standard InChI is InChI=1S/C25H24N6O2S2/c26-30-23(13-10-17-8-11-19(32)12-9-17)27-28-25(30)35-16-24(33)31-21(18-5-2-1-3-6-18)15-20(29-31)22-7-4-14-34-22/h1-9,11-12,14,21,32H,10,13,15-16,26H2. The molecular formula is C25H24N6O2S2. The van der Waals surface area contributed by atoms with Crippen LogP contribution in [0.4, 0.5) is 0 Å². The number of phenols is 1. The topological polar surface area (TPSA) is 110 Å². The predicted molar refractivity (Wildman–Crippen MR) is 138 cm³/mol. The van der Waals surface area contributed by atoms with E-state index < -0.39 is 0 Å². The van der Waals surface area contributed by atoms with Crippen LogP contribution >= 0.6 is 23.1 Å². The molecule has 0 spiro atoms. The number of phenolic OH excluding ortho intramolecular Hbond substituents is 1. The second kappa shape index (κ2) is 10.3. The molecule has 0 saturated carbocycles. The molecule has 3 heterocycles. The molecule has 0 aliphatic carbocycles. The molecule has 178 valence electrons. The zero-order chi connectivity index (χ0) is 24.2. The van der Waals surface area contributed by atoms with Gasteiger partial charge in [0.05, 0.1) is 22.4 Å². The highest BCUT2D eigenvalue weighted by molar-refractivity contribution is 7.99. The Bertz CT molecular complexity index is 1320. The average Bonchev–Trinajstić information content (AvgIpc) is 3.63. The number of hydrogen-bond acceptors (Lipinski definition) is 8. The van der Waals surface area contributed by atoms with Crippen LogP contribution in [0.2, 0.25) is 0 Å². The van der Waals surface area contributed by atoms with Gasteiger partial charge in [-0.15, -0.1) is 21.5 Å². The summed E-state index contributed by atoms with van der Waals surface area (Å²) in [4.78, 5) is 14.3. The van der Waals surface area contributed by atoms with Crippen molar-refractivity contribution in [2.45, 2.75) is 30.5 Å². The number of aryl methyl sites for hydroxylation is 2. The smallest absolute Gasteiger partial charge is 0.253 e. The van der Waals surface area contributed by atoms with Crippen molar-refractivity contribution < 1.29 is 9.90 Å². The number of amides is 1. The first-order valence-corrected chi connectivity index (χ1v) is 13.0. The van der Waals surface area contributed by atoms with Gasteiger partial charge in [-0.25, -0.2) is 9.69 Å². The fraction of sp³-hybridized carbons (Fsp3) is 0.200. The number of nitrogen functional groups attached to an aromatic ring is 1. The molecule has 8 nitrogen and oxygen atoms in total. The van der Waals surface area contributed by atoms with Crippen molar-refractivity contribution >= 4 is 34.7 Å². The van der Waals surface area contributed by atoms with Crippen LogP contribution in [0.5, 0.6) is 5.75 Å². The molecule has 2 aromatic carbocycles. The lowest BCUT2D eigenvalue weighted by atomic mass is 10.0. The van der Waals surface area contributed by atoms with E-state index in [-0.39, 0.29) is 23.5 Å². The van der Waals surface area contributed by atoms with Gasteiger partial charge in [0, 0.05) is 12.8 Å². The van der Waals surface area contributed by atoms with Crippen LogP contribution in [-0.2, 0) is 17.6 Å². The molecule has 0 fully saturated rings. The number of hydrazone groups is 1. The van der Waals surface area contributed by atoms with Crippen molar-refractivity contribution in [2.75, 3.05) is 11.6 Å². The number of aromatic nitrogens is 3. The number of carbonyl (C=O) groups excluding carboxylic acids is 1. The van der Waals surface area contributed by atoms with E-state index >= 15 is 0 Å². The van der Waals surface area contributed by atoms with Gasteiger partial charge in [0.2, 0.25) is 5.16 Å². The van der Waals surface area contributed by atoms with Crippen LogP contribution in [0.15, 0.2) is 82.4 Å². The SMILES string of the molecule is Nn1c(CCc2ccc(O)cc2)nnc1SCC(=O)N1N=C(c2cccs2)CC1c1ccccc1. The molecule has 1 aliphatic heterocycles. The van der Waals surface area contributed by atoms with Gasteiger partial charge in [-0.3, -0.25) is 4.79 Å². The van der Waals surface area contributed by atoms with Crippen molar-refractivity contribution in [1.29, 1.82) is 0 Å². The van der Waals surface area contributed by atoms with E-state index in [2.05, 4.69) is 10.2 Å². The Morgan fingerprint density at radius 1 is 1.06 bits per heavy atom. The van der Waals surface area contributed by atoms with Gasteiger partial charge in [0.25, 0.3) is 5.91 Å². The van der Waals surface area contributed by atoms with Crippen LogP contribution < -0.4 is 5.84 Å². The van der Waals surface area contributed by atoms with Crippen LogP contribution in [-0.4, -0.2) is 42.4 Å². The molecule has 1 aliphatic rings. The summed E-state index contributed by atoms with van der Waals surface area (Å²) in [5.41, 5.74) is 3.04. The molecule has 0 saturated heterocycles. The molecule has 5 rings (SSSR count). The Hall–Kier alpha value is -3.63. The minimum atomic E-state index is -0.141. The summed E-state index contributed by atoms with van der Waals surface area (Å²) in [5, 5.41) is 26.6. The fourth-order valence-electron chi connectivity index (χ4n) is 3.95. The third kappa shape index (κ3) is 5.23. The van der Waals surface area contributed by atoms with Gasteiger partial charge in [-0.1, -0.05) is 60.3 Å². The normalized spacial score (nSPS) is 15.4. The summed E-state index contributed by atoms with van der Waals surface area (Å²) in [6.45, 7) is 0. The third-order valence-corrected chi connectivity index (χ3v) is 7.64. The summed E-state index contributed by atoms with van der Waals surface area (Å²) >= 11 is 2.88. The maximum atomic E-state index is 13.3. The lowest BCUT2D eigenvalue weighted by molar-refractivity contribution is -0.130. The summed E-state index contributed by atoms with van der Waals surface area (Å²) in [6, 6.07) is 20.9. The second-order valence-electron chi connectivity index (χ2n) is 8.12. The van der Waals surface area contributed by atoms with Crippen molar-refractivity contribution in [2.24, 2.45) is 5.10 Å². The van der Waals surface area contributed by atoms with Crippen LogP contribution in [0.3, 0.4) is 0 Å². The molecule has 2 aromatic heterocycles. The Labute approximate surface area is 211 Å². The number of rotatable bonds is 8. The highest BCUT2D eigenvalue weighted by atomic mass is 32.2. The molecule has 1 unspecified atom stereocenters. The second-order valence-corrected chi connectivity index (χ2v) is 10.0. The molecule has 1 atom stereocenters. The number of carbonyl (C=O) groups is 1. The van der Waals surface area contributed by atoms with Crippen molar-refractivity contribution in [3.05, 3.63) is 93.9 Å². The summed E-state index contributed by atoms with van der Waals surface area (Å²) < 4.78 is 1.44. The molecule has 3 N–H and O–H groups in total.